The van der Waals surface area contributed by atoms with E-state index in [9.17, 15) is 4.79 Å². The molecule has 1 atom stereocenters. The van der Waals surface area contributed by atoms with Crippen LogP contribution in [0.25, 0.3) is 22.7 Å². The van der Waals surface area contributed by atoms with Crippen molar-refractivity contribution in [3.05, 3.63) is 60.4 Å². The van der Waals surface area contributed by atoms with Crippen molar-refractivity contribution >= 4 is 5.97 Å². The number of rotatable bonds is 6. The molecule has 0 amide bonds. The molecule has 0 aliphatic rings. The fourth-order valence-corrected chi connectivity index (χ4v) is 2.35. The minimum absolute atomic E-state index is 0.142. The molecule has 5 nitrogen and oxygen atoms in total. The Morgan fingerprint density at radius 2 is 1.62 bits per heavy atom. The minimum atomic E-state index is -0.952. The van der Waals surface area contributed by atoms with E-state index >= 15 is 0 Å². The summed E-state index contributed by atoms with van der Waals surface area (Å²) in [6, 6.07) is 14.2. The number of benzene rings is 2. The third-order valence-electron chi connectivity index (χ3n) is 4.29. The molecule has 0 aliphatic carbocycles. The molecule has 3 aromatic rings. The van der Waals surface area contributed by atoms with Crippen molar-refractivity contribution in [3.63, 3.8) is 0 Å². The topological polar surface area (TPSA) is 72.6 Å². The van der Waals surface area contributed by atoms with Crippen LogP contribution in [-0.4, -0.2) is 22.2 Å². The van der Waals surface area contributed by atoms with Crippen molar-refractivity contribution in [2.75, 3.05) is 0 Å². The van der Waals surface area contributed by atoms with Gasteiger partial charge in [-0.2, -0.15) is 0 Å². The normalized spacial score (nSPS) is 12.2. The zero-order chi connectivity index (χ0) is 18.7. The van der Waals surface area contributed by atoms with E-state index in [0.717, 1.165) is 16.9 Å². The number of nitrogens with zero attached hydrogens (tertiary/aromatic N) is 1. The van der Waals surface area contributed by atoms with E-state index in [2.05, 4.69) is 25.8 Å². The molecule has 0 aliphatic heterocycles. The second-order valence-corrected chi connectivity index (χ2v) is 6.51. The summed E-state index contributed by atoms with van der Waals surface area (Å²) in [5, 5.41) is 8.96. The third-order valence-corrected chi connectivity index (χ3v) is 4.29. The van der Waals surface area contributed by atoms with Crippen molar-refractivity contribution < 1.29 is 19.1 Å². The molecule has 1 N–H and O–H groups in total. The second kappa shape index (κ2) is 7.44. The molecule has 1 aromatic heterocycles. The first-order valence-corrected chi connectivity index (χ1v) is 8.50. The molecular formula is C21H21NO4. The highest BCUT2D eigenvalue weighted by molar-refractivity contribution is 5.88. The summed E-state index contributed by atoms with van der Waals surface area (Å²) in [4.78, 5) is 15.4. The van der Waals surface area contributed by atoms with Crippen LogP contribution in [0.2, 0.25) is 0 Å². The van der Waals surface area contributed by atoms with Crippen molar-refractivity contribution in [2.24, 2.45) is 5.92 Å². The van der Waals surface area contributed by atoms with Gasteiger partial charge in [-0.25, -0.2) is 9.78 Å². The van der Waals surface area contributed by atoms with E-state index in [-0.39, 0.29) is 11.7 Å². The molecule has 0 fully saturated rings. The highest BCUT2D eigenvalue weighted by Crippen LogP contribution is 2.27. The van der Waals surface area contributed by atoms with Crippen LogP contribution in [0.5, 0.6) is 5.75 Å². The van der Waals surface area contributed by atoms with Crippen LogP contribution in [0.1, 0.15) is 31.1 Å². The Kier molecular flexibility index (Phi) is 5.07. The summed E-state index contributed by atoms with van der Waals surface area (Å²) >= 11 is 0. The molecule has 2 aromatic carbocycles. The fourth-order valence-electron chi connectivity index (χ4n) is 2.35. The first-order chi connectivity index (χ1) is 12.4. The van der Waals surface area contributed by atoms with Gasteiger partial charge in [-0.05, 0) is 49.2 Å². The van der Waals surface area contributed by atoms with Crippen LogP contribution >= 0.6 is 0 Å². The van der Waals surface area contributed by atoms with Crippen LogP contribution in [0, 0.1) is 5.92 Å². The quantitative estimate of drug-likeness (QED) is 0.666. The molecule has 134 valence electrons. The second-order valence-electron chi connectivity index (χ2n) is 6.51. The average molecular weight is 351 g/mol. The van der Waals surface area contributed by atoms with Gasteiger partial charge >= 0.3 is 5.97 Å². The van der Waals surface area contributed by atoms with Gasteiger partial charge in [0.1, 0.15) is 17.7 Å². The first-order valence-electron chi connectivity index (χ1n) is 8.50. The summed E-state index contributed by atoms with van der Waals surface area (Å²) in [5.41, 5.74) is 2.55. The Balaban J connectivity index is 1.76. The highest BCUT2D eigenvalue weighted by Gasteiger charge is 2.11. The molecule has 1 heterocycles. The summed E-state index contributed by atoms with van der Waals surface area (Å²) in [6.07, 6.45) is 1.71. The predicted molar refractivity (Wildman–Crippen MR) is 99.3 cm³/mol. The Morgan fingerprint density at radius 3 is 2.19 bits per heavy atom. The summed E-state index contributed by atoms with van der Waals surface area (Å²) in [7, 11) is 0. The van der Waals surface area contributed by atoms with E-state index in [4.69, 9.17) is 14.3 Å². The van der Waals surface area contributed by atoms with Gasteiger partial charge in [-0.3, -0.25) is 0 Å². The maximum atomic E-state index is 10.9. The molecule has 5 heteroatoms. The zero-order valence-electron chi connectivity index (χ0n) is 15.0. The van der Waals surface area contributed by atoms with E-state index in [0.29, 0.717) is 17.5 Å². The molecule has 0 spiro atoms. The molecule has 0 saturated carbocycles. The molecule has 1 unspecified atom stereocenters. The number of carboxylic acids is 1. The lowest BCUT2D eigenvalue weighted by Crippen LogP contribution is -2.18. The summed E-state index contributed by atoms with van der Waals surface area (Å²) in [6.45, 7) is 6.29. The number of aromatic nitrogens is 1. The van der Waals surface area contributed by atoms with Gasteiger partial charge in [0.05, 0.1) is 11.7 Å². The lowest BCUT2D eigenvalue weighted by Gasteiger charge is -2.17. The van der Waals surface area contributed by atoms with E-state index in [1.54, 1.807) is 30.5 Å². The maximum absolute atomic E-state index is 10.9. The van der Waals surface area contributed by atoms with E-state index in [1.165, 1.54) is 0 Å². The molecule has 0 saturated heterocycles. The number of carboxylic acid groups (broad SMARTS) is 1. The van der Waals surface area contributed by atoms with Crippen LogP contribution in [-0.2, 0) is 0 Å². The molecule has 0 radical (unpaired) electrons. The van der Waals surface area contributed by atoms with Crippen molar-refractivity contribution in [1.29, 1.82) is 0 Å². The molecule has 3 rings (SSSR count). The zero-order valence-corrected chi connectivity index (χ0v) is 15.0. The van der Waals surface area contributed by atoms with Gasteiger partial charge in [0.15, 0.2) is 0 Å². The SMILES string of the molecule is CC(C)C(C)Oc1ccc(-c2nc(-c3ccc(C(=O)O)cc3)co2)cc1. The van der Waals surface area contributed by atoms with Gasteiger partial charge in [0.25, 0.3) is 0 Å². The summed E-state index contributed by atoms with van der Waals surface area (Å²) < 4.78 is 11.4. The number of aromatic carboxylic acids is 1. The smallest absolute Gasteiger partial charge is 0.335 e. The van der Waals surface area contributed by atoms with Crippen molar-refractivity contribution in [2.45, 2.75) is 26.9 Å². The third kappa shape index (κ3) is 3.94. The number of oxazole rings is 1. The van der Waals surface area contributed by atoms with Crippen LogP contribution in [0.15, 0.2) is 59.2 Å². The number of hydrogen-bond donors (Lipinski definition) is 1. The van der Waals surface area contributed by atoms with E-state index in [1.807, 2.05) is 24.3 Å². The van der Waals surface area contributed by atoms with Gasteiger partial charge in [-0.1, -0.05) is 26.0 Å². The standard InChI is InChI=1S/C21H21NO4/c1-13(2)14(3)26-18-10-8-16(9-11-18)20-22-19(12-25-20)15-4-6-17(7-5-15)21(23)24/h4-14H,1-3H3,(H,23,24). The van der Waals surface area contributed by atoms with Crippen LogP contribution < -0.4 is 4.74 Å². The van der Waals surface area contributed by atoms with Gasteiger partial charge in [-0.15, -0.1) is 0 Å². The molecular weight excluding hydrogens is 330 g/mol. The maximum Gasteiger partial charge on any atom is 0.335 e. The van der Waals surface area contributed by atoms with Crippen molar-refractivity contribution in [1.82, 2.24) is 4.98 Å². The lowest BCUT2D eigenvalue weighted by molar-refractivity contribution is 0.0697. The highest BCUT2D eigenvalue weighted by atomic mass is 16.5. The lowest BCUT2D eigenvalue weighted by atomic mass is 10.1. The predicted octanol–water partition coefficient (Wildman–Crippen LogP) is 5.13. The Morgan fingerprint density at radius 1 is 1.00 bits per heavy atom. The van der Waals surface area contributed by atoms with Crippen LogP contribution in [0.3, 0.4) is 0 Å². The first kappa shape index (κ1) is 17.7. The monoisotopic (exact) mass is 351 g/mol. The summed E-state index contributed by atoms with van der Waals surface area (Å²) in [5.74, 6) is 0.805. The van der Waals surface area contributed by atoms with Gasteiger partial charge in [0.2, 0.25) is 5.89 Å². The molecule has 0 bridgehead atoms. The molecule has 26 heavy (non-hydrogen) atoms. The van der Waals surface area contributed by atoms with Gasteiger partial charge < -0.3 is 14.3 Å². The van der Waals surface area contributed by atoms with Gasteiger partial charge in [0, 0.05) is 11.1 Å². The fraction of sp³-hybridized carbons (Fsp3) is 0.238. The Labute approximate surface area is 152 Å². The van der Waals surface area contributed by atoms with Crippen molar-refractivity contribution in [3.8, 4) is 28.5 Å². The Hall–Kier alpha value is -3.08. The number of ether oxygens (including phenoxy) is 1. The van der Waals surface area contributed by atoms with E-state index < -0.39 is 5.97 Å². The van der Waals surface area contributed by atoms with Crippen LogP contribution in [0.4, 0.5) is 0 Å². The Bertz CT molecular complexity index is 879. The number of carbonyl (C=O) groups is 1. The number of hydrogen-bond acceptors (Lipinski definition) is 4. The largest absolute Gasteiger partial charge is 0.490 e. The minimum Gasteiger partial charge on any atom is -0.490 e. The average Bonchev–Trinajstić information content (AvgIpc) is 3.12.